The SMILES string of the molecule is CCOC(CC)(OCC)C(=O)C1CCCCC1. The Labute approximate surface area is 105 Å². The summed E-state index contributed by atoms with van der Waals surface area (Å²) in [6.45, 7) is 6.83. The van der Waals surface area contributed by atoms with E-state index in [-0.39, 0.29) is 11.7 Å². The van der Waals surface area contributed by atoms with Gasteiger partial charge in [-0.2, -0.15) is 0 Å². The molecule has 1 saturated carbocycles. The summed E-state index contributed by atoms with van der Waals surface area (Å²) in [5.74, 6) is -0.670. The van der Waals surface area contributed by atoms with E-state index >= 15 is 0 Å². The van der Waals surface area contributed by atoms with Gasteiger partial charge in [-0.25, -0.2) is 0 Å². The lowest BCUT2D eigenvalue weighted by molar-refractivity contribution is -0.230. The van der Waals surface area contributed by atoms with Crippen LogP contribution in [0, 0.1) is 5.92 Å². The molecule has 17 heavy (non-hydrogen) atoms. The molecule has 0 unspecified atom stereocenters. The van der Waals surface area contributed by atoms with Crippen LogP contribution < -0.4 is 0 Å². The summed E-state index contributed by atoms with van der Waals surface area (Å²) in [4.78, 5) is 12.6. The Morgan fingerprint density at radius 2 is 1.59 bits per heavy atom. The molecule has 0 aromatic carbocycles. The molecular formula is C14H26O3. The Kier molecular flexibility index (Phi) is 6.14. The fourth-order valence-corrected chi connectivity index (χ4v) is 2.70. The molecule has 0 bridgehead atoms. The molecule has 0 aromatic rings. The Morgan fingerprint density at radius 3 is 2.00 bits per heavy atom. The van der Waals surface area contributed by atoms with E-state index < -0.39 is 5.79 Å². The van der Waals surface area contributed by atoms with E-state index in [0.717, 1.165) is 25.7 Å². The molecule has 1 aliphatic rings. The number of hydrogen-bond acceptors (Lipinski definition) is 3. The molecule has 0 radical (unpaired) electrons. The number of carbonyl (C=O) groups excluding carboxylic acids is 1. The summed E-state index contributed by atoms with van der Waals surface area (Å²) in [5.41, 5.74) is 0. The molecule has 3 heteroatoms. The molecule has 0 saturated heterocycles. The average Bonchev–Trinajstić information content (AvgIpc) is 2.38. The predicted octanol–water partition coefficient (Wildman–Crippen LogP) is 3.32. The van der Waals surface area contributed by atoms with Crippen molar-refractivity contribution >= 4 is 5.78 Å². The summed E-state index contributed by atoms with van der Waals surface area (Å²) in [6.07, 6.45) is 6.18. The second kappa shape index (κ2) is 7.12. The van der Waals surface area contributed by atoms with E-state index in [1.807, 2.05) is 20.8 Å². The topological polar surface area (TPSA) is 35.5 Å². The first kappa shape index (κ1) is 14.7. The molecule has 100 valence electrons. The van der Waals surface area contributed by atoms with E-state index in [4.69, 9.17) is 9.47 Å². The Bertz CT molecular complexity index is 226. The summed E-state index contributed by atoms with van der Waals surface area (Å²) in [5, 5.41) is 0. The summed E-state index contributed by atoms with van der Waals surface area (Å²) >= 11 is 0. The standard InChI is InChI=1S/C14H26O3/c1-4-14(16-5-2,17-6-3)13(15)12-10-8-7-9-11-12/h12H,4-11H2,1-3H3. The number of ether oxygens (including phenoxy) is 2. The number of rotatable bonds is 7. The first-order chi connectivity index (χ1) is 8.20. The lowest BCUT2D eigenvalue weighted by atomic mass is 9.82. The van der Waals surface area contributed by atoms with E-state index in [1.165, 1.54) is 6.42 Å². The van der Waals surface area contributed by atoms with Crippen LogP contribution in [0.5, 0.6) is 0 Å². The third kappa shape index (κ3) is 3.52. The van der Waals surface area contributed by atoms with Gasteiger partial charge in [0.1, 0.15) is 0 Å². The van der Waals surface area contributed by atoms with Gasteiger partial charge in [-0.05, 0) is 26.7 Å². The van der Waals surface area contributed by atoms with Crippen molar-refractivity contribution < 1.29 is 14.3 Å². The van der Waals surface area contributed by atoms with E-state index in [0.29, 0.717) is 19.6 Å². The highest BCUT2D eigenvalue weighted by molar-refractivity contribution is 5.88. The lowest BCUT2D eigenvalue weighted by Crippen LogP contribution is -2.47. The highest BCUT2D eigenvalue weighted by Gasteiger charge is 2.42. The van der Waals surface area contributed by atoms with E-state index in [1.54, 1.807) is 0 Å². The number of Topliss-reactive ketones (excluding diaryl/α,β-unsaturated/α-hetero) is 1. The fraction of sp³-hybridized carbons (Fsp3) is 0.929. The third-order valence-electron chi connectivity index (χ3n) is 3.57. The molecule has 0 aromatic heterocycles. The smallest absolute Gasteiger partial charge is 0.228 e. The summed E-state index contributed by atoms with van der Waals surface area (Å²) < 4.78 is 11.3. The number of carbonyl (C=O) groups is 1. The minimum Gasteiger partial charge on any atom is -0.344 e. The zero-order valence-electron chi connectivity index (χ0n) is 11.5. The van der Waals surface area contributed by atoms with Crippen LogP contribution in [0.2, 0.25) is 0 Å². The van der Waals surface area contributed by atoms with Crippen LogP contribution in [-0.2, 0) is 14.3 Å². The van der Waals surface area contributed by atoms with Gasteiger partial charge in [0, 0.05) is 25.6 Å². The van der Waals surface area contributed by atoms with Gasteiger partial charge < -0.3 is 9.47 Å². The van der Waals surface area contributed by atoms with Crippen molar-refractivity contribution in [1.82, 2.24) is 0 Å². The quantitative estimate of drug-likeness (QED) is 0.642. The number of hydrogen-bond donors (Lipinski definition) is 0. The maximum absolute atomic E-state index is 12.6. The van der Waals surface area contributed by atoms with Gasteiger partial charge in [-0.15, -0.1) is 0 Å². The zero-order valence-corrected chi connectivity index (χ0v) is 11.5. The van der Waals surface area contributed by atoms with Crippen molar-refractivity contribution in [3.63, 3.8) is 0 Å². The van der Waals surface area contributed by atoms with Gasteiger partial charge in [0.25, 0.3) is 0 Å². The molecule has 0 atom stereocenters. The van der Waals surface area contributed by atoms with Crippen LogP contribution in [0.1, 0.15) is 59.3 Å². The van der Waals surface area contributed by atoms with Gasteiger partial charge in [-0.3, -0.25) is 4.79 Å². The van der Waals surface area contributed by atoms with Gasteiger partial charge >= 0.3 is 0 Å². The van der Waals surface area contributed by atoms with Crippen LogP contribution in [0.3, 0.4) is 0 Å². The van der Waals surface area contributed by atoms with Crippen molar-refractivity contribution in [3.05, 3.63) is 0 Å². The molecule has 0 amide bonds. The molecule has 3 nitrogen and oxygen atoms in total. The van der Waals surface area contributed by atoms with E-state index in [2.05, 4.69) is 0 Å². The molecule has 1 rings (SSSR count). The van der Waals surface area contributed by atoms with Gasteiger partial charge in [0.15, 0.2) is 5.78 Å². The van der Waals surface area contributed by atoms with Crippen LogP contribution in [-0.4, -0.2) is 24.8 Å². The summed E-state index contributed by atoms with van der Waals surface area (Å²) in [7, 11) is 0. The summed E-state index contributed by atoms with van der Waals surface area (Å²) in [6, 6.07) is 0. The fourth-order valence-electron chi connectivity index (χ4n) is 2.70. The minimum absolute atomic E-state index is 0.141. The predicted molar refractivity (Wildman–Crippen MR) is 67.9 cm³/mol. The highest BCUT2D eigenvalue weighted by Crippen LogP contribution is 2.31. The van der Waals surface area contributed by atoms with Crippen LogP contribution in [0.25, 0.3) is 0 Å². The maximum atomic E-state index is 12.6. The van der Waals surface area contributed by atoms with Crippen molar-refractivity contribution in [2.75, 3.05) is 13.2 Å². The van der Waals surface area contributed by atoms with Gasteiger partial charge in [0.05, 0.1) is 0 Å². The third-order valence-corrected chi connectivity index (χ3v) is 3.57. The monoisotopic (exact) mass is 242 g/mol. The van der Waals surface area contributed by atoms with E-state index in [9.17, 15) is 4.79 Å². The zero-order chi connectivity index (χ0) is 12.7. The number of ketones is 1. The normalized spacial score (nSPS) is 18.3. The Balaban J connectivity index is 2.75. The maximum Gasteiger partial charge on any atom is 0.228 e. The largest absolute Gasteiger partial charge is 0.344 e. The molecule has 0 spiro atoms. The molecule has 1 aliphatic carbocycles. The Hall–Kier alpha value is -0.410. The van der Waals surface area contributed by atoms with Crippen molar-refractivity contribution in [3.8, 4) is 0 Å². The molecule has 0 aliphatic heterocycles. The molecular weight excluding hydrogens is 216 g/mol. The second-order valence-electron chi connectivity index (χ2n) is 4.67. The first-order valence-electron chi connectivity index (χ1n) is 7.02. The van der Waals surface area contributed by atoms with Crippen molar-refractivity contribution in [1.29, 1.82) is 0 Å². The van der Waals surface area contributed by atoms with Crippen LogP contribution >= 0.6 is 0 Å². The van der Waals surface area contributed by atoms with Crippen LogP contribution in [0.4, 0.5) is 0 Å². The molecule has 0 heterocycles. The second-order valence-corrected chi connectivity index (χ2v) is 4.67. The molecule has 1 fully saturated rings. The lowest BCUT2D eigenvalue weighted by Gasteiger charge is -2.34. The van der Waals surface area contributed by atoms with Crippen LogP contribution in [0.15, 0.2) is 0 Å². The average molecular weight is 242 g/mol. The first-order valence-corrected chi connectivity index (χ1v) is 7.02. The van der Waals surface area contributed by atoms with Gasteiger partial charge in [0.2, 0.25) is 5.79 Å². The van der Waals surface area contributed by atoms with Crippen molar-refractivity contribution in [2.45, 2.75) is 65.1 Å². The Morgan fingerprint density at radius 1 is 1.06 bits per heavy atom. The minimum atomic E-state index is -0.981. The van der Waals surface area contributed by atoms with Gasteiger partial charge in [-0.1, -0.05) is 26.2 Å². The molecule has 0 N–H and O–H groups in total. The highest BCUT2D eigenvalue weighted by atomic mass is 16.7. The van der Waals surface area contributed by atoms with Crippen molar-refractivity contribution in [2.24, 2.45) is 5.92 Å².